The highest BCUT2D eigenvalue weighted by molar-refractivity contribution is 5.42. The van der Waals surface area contributed by atoms with Crippen LogP contribution in [0.15, 0.2) is 30.3 Å². The third kappa shape index (κ3) is 9.22. The quantitative estimate of drug-likeness (QED) is 0.514. The lowest BCUT2D eigenvalue weighted by atomic mass is 9.91. The Morgan fingerprint density at radius 2 is 1.79 bits per heavy atom. The Morgan fingerprint density at radius 3 is 2.32 bits per heavy atom. The number of carbonyl (C=O) groups is 1. The van der Waals surface area contributed by atoms with Crippen molar-refractivity contribution in [1.82, 2.24) is 0 Å². The fraction of sp³-hybridized carbons (Fsp3) is 0.533. The summed E-state index contributed by atoms with van der Waals surface area (Å²) in [6.45, 7) is 3.01. The molecule has 0 fully saturated rings. The number of primary amides is 1. The Morgan fingerprint density at radius 1 is 1.21 bits per heavy atom. The molecule has 0 aliphatic carbocycles. The van der Waals surface area contributed by atoms with Gasteiger partial charge >= 0.3 is 0 Å². The zero-order valence-corrected chi connectivity index (χ0v) is 11.8. The molecule has 0 aliphatic heterocycles. The summed E-state index contributed by atoms with van der Waals surface area (Å²) < 4.78 is 0. The van der Waals surface area contributed by atoms with E-state index in [0.29, 0.717) is 12.0 Å². The van der Waals surface area contributed by atoms with Crippen molar-refractivity contribution in [2.45, 2.75) is 38.6 Å². The molecule has 0 aliphatic rings. The first-order chi connectivity index (χ1) is 9.15. The van der Waals surface area contributed by atoms with Crippen molar-refractivity contribution in [3.05, 3.63) is 35.9 Å². The predicted octanol–water partition coefficient (Wildman–Crippen LogP) is 1.42. The van der Waals surface area contributed by atoms with Crippen molar-refractivity contribution < 1.29 is 4.79 Å². The molecular formula is C15H27N3O. The van der Waals surface area contributed by atoms with E-state index in [-0.39, 0.29) is 6.41 Å². The van der Waals surface area contributed by atoms with Crippen LogP contribution in [0.1, 0.15) is 31.7 Å². The molecule has 0 saturated carbocycles. The molecule has 1 amide bonds. The Kier molecular flexibility index (Phi) is 10.8. The molecule has 0 bridgehead atoms. The van der Waals surface area contributed by atoms with Crippen LogP contribution in [0.25, 0.3) is 0 Å². The number of rotatable bonds is 7. The number of carbonyl (C=O) groups excluding carboxylic acids is 1. The van der Waals surface area contributed by atoms with Gasteiger partial charge in [0.25, 0.3) is 0 Å². The normalized spacial score (nSPS) is 13.0. The summed E-state index contributed by atoms with van der Waals surface area (Å²) in [6, 6.07) is 10.9. The fourth-order valence-electron chi connectivity index (χ4n) is 1.95. The van der Waals surface area contributed by atoms with Crippen LogP contribution in [0, 0.1) is 5.92 Å². The Balaban J connectivity index is 0.000000982. The molecule has 0 saturated heterocycles. The minimum Gasteiger partial charge on any atom is -0.372 e. The lowest BCUT2D eigenvalue weighted by Gasteiger charge is -2.19. The van der Waals surface area contributed by atoms with E-state index in [1.54, 1.807) is 0 Å². The number of benzene rings is 1. The van der Waals surface area contributed by atoms with Crippen molar-refractivity contribution in [3.8, 4) is 0 Å². The highest BCUT2D eigenvalue weighted by Crippen LogP contribution is 2.14. The van der Waals surface area contributed by atoms with Gasteiger partial charge in [0.2, 0.25) is 6.41 Å². The van der Waals surface area contributed by atoms with Gasteiger partial charge in [0, 0.05) is 6.04 Å². The van der Waals surface area contributed by atoms with Gasteiger partial charge in [-0.05, 0) is 37.3 Å². The fourth-order valence-corrected chi connectivity index (χ4v) is 1.95. The highest BCUT2D eigenvalue weighted by atomic mass is 16.1. The van der Waals surface area contributed by atoms with Crippen LogP contribution in [0.5, 0.6) is 0 Å². The second-order valence-electron chi connectivity index (χ2n) is 4.75. The molecule has 6 N–H and O–H groups in total. The van der Waals surface area contributed by atoms with Gasteiger partial charge in [0.1, 0.15) is 0 Å². The van der Waals surface area contributed by atoms with Crippen molar-refractivity contribution >= 4 is 6.41 Å². The van der Waals surface area contributed by atoms with Crippen molar-refractivity contribution in [2.24, 2.45) is 23.1 Å². The Bertz CT molecular complexity index is 316. The Labute approximate surface area is 116 Å². The number of amides is 1. The van der Waals surface area contributed by atoms with Gasteiger partial charge in [-0.15, -0.1) is 0 Å². The van der Waals surface area contributed by atoms with Gasteiger partial charge in [-0.1, -0.05) is 43.7 Å². The second kappa shape index (κ2) is 11.7. The van der Waals surface area contributed by atoms with E-state index in [1.165, 1.54) is 5.56 Å². The average molecular weight is 265 g/mol. The molecule has 2 atom stereocenters. The highest BCUT2D eigenvalue weighted by Gasteiger charge is 2.12. The zero-order chi connectivity index (χ0) is 14.5. The van der Waals surface area contributed by atoms with Crippen LogP contribution >= 0.6 is 0 Å². The molecule has 1 rings (SSSR count). The molecule has 1 aromatic rings. The lowest BCUT2D eigenvalue weighted by molar-refractivity contribution is -0.106. The topological polar surface area (TPSA) is 95.1 Å². The minimum absolute atomic E-state index is 0.250. The maximum atomic E-state index is 8.58. The number of hydrogen-bond acceptors (Lipinski definition) is 3. The van der Waals surface area contributed by atoms with E-state index >= 15 is 0 Å². The van der Waals surface area contributed by atoms with E-state index < -0.39 is 0 Å². The number of nitrogens with two attached hydrogens (primary N) is 3. The molecule has 2 unspecified atom stereocenters. The molecule has 0 heterocycles. The second-order valence-corrected chi connectivity index (χ2v) is 4.75. The molecule has 4 heteroatoms. The van der Waals surface area contributed by atoms with E-state index in [0.717, 1.165) is 32.2 Å². The Hall–Kier alpha value is -1.39. The summed E-state index contributed by atoms with van der Waals surface area (Å²) in [6.07, 6.45) is 4.65. The largest absolute Gasteiger partial charge is 0.372 e. The van der Waals surface area contributed by atoms with Gasteiger partial charge < -0.3 is 17.2 Å². The van der Waals surface area contributed by atoms with Crippen LogP contribution in [0.4, 0.5) is 0 Å². The summed E-state index contributed by atoms with van der Waals surface area (Å²) in [7, 11) is 0. The smallest absolute Gasteiger partial charge is 0.204 e. The zero-order valence-electron chi connectivity index (χ0n) is 11.8. The number of hydrogen-bond donors (Lipinski definition) is 3. The molecule has 108 valence electrons. The van der Waals surface area contributed by atoms with Crippen LogP contribution in [-0.2, 0) is 11.2 Å². The van der Waals surface area contributed by atoms with E-state index in [2.05, 4.69) is 43.0 Å². The molecule has 1 aromatic carbocycles. The third-order valence-electron chi connectivity index (χ3n) is 3.12. The average Bonchev–Trinajstić information content (AvgIpc) is 2.41. The summed E-state index contributed by atoms with van der Waals surface area (Å²) in [4.78, 5) is 8.58. The lowest BCUT2D eigenvalue weighted by Crippen LogP contribution is -2.29. The van der Waals surface area contributed by atoms with Crippen LogP contribution in [0.2, 0.25) is 0 Å². The van der Waals surface area contributed by atoms with Gasteiger partial charge in [0.05, 0.1) is 0 Å². The maximum Gasteiger partial charge on any atom is 0.204 e. The SMILES string of the molecule is CC(Cc1ccccc1)C(N)CCCCN.NC=O. The first-order valence-corrected chi connectivity index (χ1v) is 6.80. The molecule has 0 aromatic heterocycles. The third-order valence-corrected chi connectivity index (χ3v) is 3.12. The van der Waals surface area contributed by atoms with E-state index in [1.807, 2.05) is 0 Å². The monoisotopic (exact) mass is 265 g/mol. The first-order valence-electron chi connectivity index (χ1n) is 6.80. The summed E-state index contributed by atoms with van der Waals surface area (Å²) >= 11 is 0. The van der Waals surface area contributed by atoms with E-state index in [9.17, 15) is 0 Å². The van der Waals surface area contributed by atoms with Gasteiger partial charge in [-0.3, -0.25) is 4.79 Å². The maximum absolute atomic E-state index is 8.58. The summed E-state index contributed by atoms with van der Waals surface area (Å²) in [5, 5.41) is 0. The van der Waals surface area contributed by atoms with Gasteiger partial charge in [-0.2, -0.15) is 0 Å². The molecule has 0 radical (unpaired) electrons. The number of unbranched alkanes of at least 4 members (excludes halogenated alkanes) is 1. The summed E-state index contributed by atoms with van der Waals surface area (Å²) in [5.74, 6) is 0.542. The van der Waals surface area contributed by atoms with Crippen molar-refractivity contribution in [3.63, 3.8) is 0 Å². The van der Waals surface area contributed by atoms with Crippen molar-refractivity contribution in [2.75, 3.05) is 6.54 Å². The van der Waals surface area contributed by atoms with Crippen molar-refractivity contribution in [1.29, 1.82) is 0 Å². The van der Waals surface area contributed by atoms with E-state index in [4.69, 9.17) is 16.3 Å². The minimum atomic E-state index is 0.250. The molecule has 0 spiro atoms. The molecular weight excluding hydrogens is 238 g/mol. The molecule has 4 nitrogen and oxygen atoms in total. The van der Waals surface area contributed by atoms with Crippen LogP contribution < -0.4 is 17.2 Å². The van der Waals surface area contributed by atoms with Gasteiger partial charge in [-0.25, -0.2) is 0 Å². The van der Waals surface area contributed by atoms with Gasteiger partial charge in [0.15, 0.2) is 0 Å². The standard InChI is InChI=1S/C14H24N2.CH3NO/c1-12(14(16)9-5-6-10-15)11-13-7-3-2-4-8-13;2-1-3/h2-4,7-8,12,14H,5-6,9-11,15-16H2,1H3;1H,(H2,2,3). The molecule has 19 heavy (non-hydrogen) atoms. The first kappa shape index (κ1) is 17.6. The predicted molar refractivity (Wildman–Crippen MR) is 80.4 cm³/mol. The van der Waals surface area contributed by atoms with Crippen LogP contribution in [0.3, 0.4) is 0 Å². The summed E-state index contributed by atoms with van der Waals surface area (Å²) in [5.41, 5.74) is 17.2. The van der Waals surface area contributed by atoms with Crippen LogP contribution in [-0.4, -0.2) is 19.0 Å².